The van der Waals surface area contributed by atoms with Crippen molar-refractivity contribution in [1.82, 2.24) is 19.9 Å². The van der Waals surface area contributed by atoms with Crippen molar-refractivity contribution in [3.63, 3.8) is 0 Å². The maximum Gasteiger partial charge on any atom is 0.394 e. The van der Waals surface area contributed by atoms with Gasteiger partial charge in [-0.3, -0.25) is 9.36 Å². The molecule has 2 N–H and O–H groups in total. The first-order valence-corrected chi connectivity index (χ1v) is 15.1. The smallest absolute Gasteiger partial charge is 0.394 e. The van der Waals surface area contributed by atoms with Crippen molar-refractivity contribution >= 4 is 27.3 Å². The molecule has 1 saturated carbocycles. The van der Waals surface area contributed by atoms with E-state index in [1.807, 2.05) is 0 Å². The molecule has 0 radical (unpaired) electrons. The van der Waals surface area contributed by atoms with Gasteiger partial charge in [0.1, 0.15) is 20.8 Å². The standard InChI is InChI=1S/C25H32ClF5N4O5S/c1-5-18-34-19(22(37)33-12-14-6-7-15(9-16(14)36)41(4,38)39)20(26)35(18)21-17(40-23(27)28)8-13(11-32-21)10-24(2,3)25(29,30)31/h8,11,14-16,23,36H,5-7,9-10,12H2,1-4H3,(H,33,37). The summed E-state index contributed by atoms with van der Waals surface area (Å²) in [6, 6.07) is 1.02. The zero-order chi connectivity index (χ0) is 30.9. The fourth-order valence-electron chi connectivity index (χ4n) is 4.68. The molecule has 9 nitrogen and oxygen atoms in total. The van der Waals surface area contributed by atoms with E-state index in [4.69, 9.17) is 11.6 Å². The minimum atomic E-state index is -4.57. The number of hydrogen-bond acceptors (Lipinski definition) is 7. The van der Waals surface area contributed by atoms with Crippen LogP contribution in [0, 0.1) is 11.3 Å². The highest BCUT2D eigenvalue weighted by atomic mass is 35.5. The molecule has 41 heavy (non-hydrogen) atoms. The van der Waals surface area contributed by atoms with Crippen LogP contribution in [0.2, 0.25) is 5.15 Å². The van der Waals surface area contributed by atoms with E-state index in [-0.39, 0.29) is 47.4 Å². The molecule has 3 atom stereocenters. The number of aliphatic hydroxyl groups is 1. The largest absolute Gasteiger partial charge is 0.431 e. The lowest BCUT2D eigenvalue weighted by Gasteiger charge is -2.32. The van der Waals surface area contributed by atoms with E-state index in [0.29, 0.717) is 12.8 Å². The minimum Gasteiger partial charge on any atom is -0.431 e. The summed E-state index contributed by atoms with van der Waals surface area (Å²) in [5, 5.41) is 12.1. The van der Waals surface area contributed by atoms with Crippen LogP contribution < -0.4 is 10.1 Å². The molecule has 0 bridgehead atoms. The minimum absolute atomic E-state index is 0.00279. The van der Waals surface area contributed by atoms with E-state index in [9.17, 15) is 40.3 Å². The topological polar surface area (TPSA) is 123 Å². The number of alkyl halides is 5. The van der Waals surface area contributed by atoms with E-state index < -0.39 is 63.4 Å². The fourth-order valence-corrected chi connectivity index (χ4v) is 6.10. The monoisotopic (exact) mass is 630 g/mol. The van der Waals surface area contributed by atoms with Crippen LogP contribution in [0.1, 0.15) is 61.9 Å². The van der Waals surface area contributed by atoms with Crippen molar-refractivity contribution in [2.24, 2.45) is 11.3 Å². The maximum atomic E-state index is 13.4. The van der Waals surface area contributed by atoms with Gasteiger partial charge in [-0.25, -0.2) is 18.4 Å². The van der Waals surface area contributed by atoms with Gasteiger partial charge >= 0.3 is 12.8 Å². The van der Waals surface area contributed by atoms with Crippen LogP contribution in [-0.2, 0) is 22.7 Å². The Labute approximate surface area is 239 Å². The van der Waals surface area contributed by atoms with E-state index in [1.54, 1.807) is 6.92 Å². The highest BCUT2D eigenvalue weighted by Gasteiger charge is 2.47. The number of aryl methyl sites for hydroxylation is 1. The molecule has 1 aliphatic carbocycles. The highest BCUT2D eigenvalue weighted by molar-refractivity contribution is 7.91. The van der Waals surface area contributed by atoms with Crippen molar-refractivity contribution in [3.05, 3.63) is 34.5 Å². The third kappa shape index (κ3) is 7.66. The third-order valence-corrected chi connectivity index (χ3v) is 9.18. The second-order valence-electron chi connectivity index (χ2n) is 10.8. The summed E-state index contributed by atoms with van der Waals surface area (Å²) in [5.41, 5.74) is -2.46. The Morgan fingerprint density at radius 1 is 1.29 bits per heavy atom. The van der Waals surface area contributed by atoms with Crippen LogP contribution in [0.5, 0.6) is 5.75 Å². The Morgan fingerprint density at radius 2 is 1.95 bits per heavy atom. The number of carbonyl (C=O) groups excluding carboxylic acids is 1. The molecule has 2 heterocycles. The zero-order valence-corrected chi connectivity index (χ0v) is 24.4. The third-order valence-electron chi connectivity index (χ3n) is 7.19. The second-order valence-corrected chi connectivity index (χ2v) is 13.4. The lowest BCUT2D eigenvalue weighted by Crippen LogP contribution is -2.41. The molecule has 1 fully saturated rings. The molecule has 1 amide bonds. The van der Waals surface area contributed by atoms with Crippen molar-refractivity contribution in [3.8, 4) is 11.6 Å². The van der Waals surface area contributed by atoms with Gasteiger partial charge in [0.2, 0.25) is 0 Å². The Morgan fingerprint density at radius 3 is 2.49 bits per heavy atom. The average molecular weight is 631 g/mol. The van der Waals surface area contributed by atoms with Crippen LogP contribution >= 0.6 is 11.6 Å². The summed E-state index contributed by atoms with van der Waals surface area (Å²) in [6.07, 6.45) is -2.98. The SMILES string of the molecule is CCc1nc(C(=O)NCC2CCC(S(C)(=O)=O)CC2O)c(Cl)n1-c1ncc(CC(C)(C)C(F)(F)F)cc1OC(F)F. The summed E-state index contributed by atoms with van der Waals surface area (Å²) < 4.78 is 96.0. The van der Waals surface area contributed by atoms with E-state index in [1.165, 1.54) is 0 Å². The molecule has 0 aliphatic heterocycles. The fraction of sp³-hybridized carbons (Fsp3) is 0.640. The number of aliphatic hydroxyl groups excluding tert-OH is 1. The van der Waals surface area contributed by atoms with Gasteiger partial charge in [-0.2, -0.15) is 22.0 Å². The van der Waals surface area contributed by atoms with E-state index in [0.717, 1.165) is 36.9 Å². The van der Waals surface area contributed by atoms with Gasteiger partial charge in [0, 0.05) is 31.3 Å². The molecule has 2 aromatic heterocycles. The average Bonchev–Trinajstić information content (AvgIpc) is 3.17. The summed E-state index contributed by atoms with van der Waals surface area (Å²) in [7, 11) is -3.31. The normalized spacial score (nSPS) is 20.3. The van der Waals surface area contributed by atoms with Crippen LogP contribution in [0.3, 0.4) is 0 Å². The number of rotatable bonds is 10. The van der Waals surface area contributed by atoms with Crippen molar-refractivity contribution in [2.45, 2.75) is 77.0 Å². The van der Waals surface area contributed by atoms with Gasteiger partial charge in [0.15, 0.2) is 17.3 Å². The molecule has 16 heteroatoms. The van der Waals surface area contributed by atoms with Crippen molar-refractivity contribution in [2.75, 3.05) is 12.8 Å². The van der Waals surface area contributed by atoms with Gasteiger partial charge in [0.05, 0.1) is 16.8 Å². The van der Waals surface area contributed by atoms with Gasteiger partial charge in [0.25, 0.3) is 5.91 Å². The molecule has 3 unspecified atom stereocenters. The molecule has 0 spiro atoms. The van der Waals surface area contributed by atoms with Crippen molar-refractivity contribution in [1.29, 1.82) is 0 Å². The summed E-state index contributed by atoms with van der Waals surface area (Å²) >= 11 is 6.46. The number of amides is 1. The predicted octanol–water partition coefficient (Wildman–Crippen LogP) is 4.52. The quantitative estimate of drug-likeness (QED) is 0.370. The maximum absolute atomic E-state index is 13.4. The number of carbonyl (C=O) groups is 1. The molecule has 1 aliphatic rings. The Hall–Kier alpha value is -2.52. The Kier molecular flexibility index (Phi) is 9.96. The molecule has 0 saturated heterocycles. The van der Waals surface area contributed by atoms with Gasteiger partial charge < -0.3 is 15.2 Å². The van der Waals surface area contributed by atoms with Gasteiger partial charge in [-0.05, 0) is 37.3 Å². The number of hydrogen-bond donors (Lipinski definition) is 2. The summed E-state index contributed by atoms with van der Waals surface area (Å²) in [5.74, 6) is -1.85. The van der Waals surface area contributed by atoms with Crippen LogP contribution in [0.4, 0.5) is 22.0 Å². The number of pyridine rings is 1. The lowest BCUT2D eigenvalue weighted by atomic mass is 9.85. The van der Waals surface area contributed by atoms with Crippen molar-refractivity contribution < 1.29 is 45.0 Å². The Bertz CT molecular complexity index is 1370. The lowest BCUT2D eigenvalue weighted by molar-refractivity contribution is -0.211. The van der Waals surface area contributed by atoms with Crippen LogP contribution in [-0.4, -0.2) is 70.9 Å². The Balaban J connectivity index is 1.88. The van der Waals surface area contributed by atoms with E-state index in [2.05, 4.69) is 20.0 Å². The number of aromatic nitrogens is 3. The number of sulfone groups is 1. The first-order valence-electron chi connectivity index (χ1n) is 12.8. The first kappa shape index (κ1) is 33.0. The molecular formula is C25H32ClF5N4O5S. The number of ether oxygens (including phenoxy) is 1. The highest BCUT2D eigenvalue weighted by Crippen LogP contribution is 2.41. The summed E-state index contributed by atoms with van der Waals surface area (Å²) in [4.78, 5) is 21.3. The molecule has 3 rings (SSSR count). The number of nitrogens with one attached hydrogen (secondary N) is 1. The molecule has 230 valence electrons. The number of imidazole rings is 1. The van der Waals surface area contributed by atoms with Gasteiger partial charge in [-0.15, -0.1) is 0 Å². The van der Waals surface area contributed by atoms with Crippen LogP contribution in [0.25, 0.3) is 5.82 Å². The number of nitrogens with zero attached hydrogens (tertiary/aromatic N) is 3. The first-order chi connectivity index (χ1) is 18.9. The number of halogens is 6. The molecule has 2 aromatic rings. The zero-order valence-electron chi connectivity index (χ0n) is 22.8. The van der Waals surface area contributed by atoms with Gasteiger partial charge in [-0.1, -0.05) is 32.4 Å². The van der Waals surface area contributed by atoms with Crippen LogP contribution in [0.15, 0.2) is 12.3 Å². The second kappa shape index (κ2) is 12.4. The molecule has 0 aromatic carbocycles. The predicted molar refractivity (Wildman–Crippen MR) is 140 cm³/mol. The summed E-state index contributed by atoms with van der Waals surface area (Å²) in [6.45, 7) is 0.264. The molecular weight excluding hydrogens is 599 g/mol. The van der Waals surface area contributed by atoms with E-state index >= 15 is 0 Å².